The monoisotopic (exact) mass is 448 g/mol. The number of aromatic nitrogens is 3. The van der Waals surface area contributed by atoms with E-state index in [0.717, 1.165) is 31.0 Å². The average Bonchev–Trinajstić information content (AvgIpc) is 3.38. The standard InChI is InChI=1S/C20H19F3N6OS/c21-10-1-4-14(22)13(7-10)15-8-12(30)9-28(15)16-5-6-29-19(25-16)17(18(23)27-29)26-20(31)24-11-2-3-11/h1,4-7,11-12,15,30H,2-3,8-9H2,(H2,24,26,31)/t12-,15+/m0/s1. The van der Waals surface area contributed by atoms with E-state index in [1.165, 1.54) is 10.7 Å². The van der Waals surface area contributed by atoms with Gasteiger partial charge in [0.25, 0.3) is 5.95 Å². The number of rotatable bonds is 4. The molecule has 0 radical (unpaired) electrons. The summed E-state index contributed by atoms with van der Waals surface area (Å²) in [7, 11) is 0. The number of halogens is 3. The Balaban J connectivity index is 1.50. The topological polar surface area (TPSA) is 77.7 Å². The van der Waals surface area contributed by atoms with Crippen LogP contribution < -0.4 is 15.5 Å². The third-order valence-corrected chi connectivity index (χ3v) is 5.69. The fraction of sp³-hybridized carbons (Fsp3) is 0.350. The van der Waals surface area contributed by atoms with Gasteiger partial charge < -0.3 is 20.6 Å². The van der Waals surface area contributed by atoms with Crippen molar-refractivity contribution in [3.8, 4) is 0 Å². The van der Waals surface area contributed by atoms with Crippen LogP contribution >= 0.6 is 12.2 Å². The summed E-state index contributed by atoms with van der Waals surface area (Å²) in [4.78, 5) is 6.18. The van der Waals surface area contributed by atoms with Crippen molar-refractivity contribution in [2.75, 3.05) is 16.8 Å². The number of aliphatic hydroxyl groups excluding tert-OH is 1. The Labute approximate surface area is 180 Å². The quantitative estimate of drug-likeness (QED) is 0.530. The minimum atomic E-state index is -0.765. The van der Waals surface area contributed by atoms with E-state index in [9.17, 15) is 18.3 Å². The molecule has 2 aromatic heterocycles. The number of anilines is 2. The molecule has 2 fully saturated rings. The zero-order valence-electron chi connectivity index (χ0n) is 16.2. The average molecular weight is 448 g/mol. The molecule has 1 aliphatic heterocycles. The van der Waals surface area contributed by atoms with Gasteiger partial charge >= 0.3 is 0 Å². The molecule has 3 heterocycles. The van der Waals surface area contributed by atoms with Crippen molar-refractivity contribution in [3.63, 3.8) is 0 Å². The van der Waals surface area contributed by atoms with Gasteiger partial charge in [-0.1, -0.05) is 0 Å². The van der Waals surface area contributed by atoms with Gasteiger partial charge in [0.05, 0.1) is 12.1 Å². The Kier molecular flexibility index (Phi) is 4.94. The van der Waals surface area contributed by atoms with Crippen molar-refractivity contribution in [3.05, 3.63) is 53.6 Å². The van der Waals surface area contributed by atoms with E-state index >= 15 is 0 Å². The van der Waals surface area contributed by atoms with Crippen molar-refractivity contribution in [1.29, 1.82) is 0 Å². The van der Waals surface area contributed by atoms with E-state index < -0.39 is 29.7 Å². The number of hydrogen-bond acceptors (Lipinski definition) is 5. The first-order valence-corrected chi connectivity index (χ1v) is 10.3. The second kappa shape index (κ2) is 7.65. The lowest BCUT2D eigenvalue weighted by Crippen LogP contribution is -2.30. The molecule has 1 aromatic carbocycles. The SMILES string of the molecule is O[C@H]1C[C@H](c2cc(F)ccc2F)N(c2ccn3nc(F)c(NC(=S)NC4CC4)c3n2)C1. The van der Waals surface area contributed by atoms with E-state index in [2.05, 4.69) is 20.7 Å². The number of β-amino-alcohol motifs (C(OH)–C–C–N with tert-alkyl or cyclic N) is 1. The molecule has 2 atom stereocenters. The maximum atomic E-state index is 14.5. The summed E-state index contributed by atoms with van der Waals surface area (Å²) >= 11 is 5.23. The lowest BCUT2D eigenvalue weighted by atomic mass is 10.0. The van der Waals surface area contributed by atoms with E-state index in [4.69, 9.17) is 12.2 Å². The smallest absolute Gasteiger partial charge is 0.258 e. The number of thiocarbonyl (C=S) groups is 1. The lowest BCUT2D eigenvalue weighted by molar-refractivity contribution is 0.194. The van der Waals surface area contributed by atoms with Crippen molar-refractivity contribution in [2.24, 2.45) is 0 Å². The van der Waals surface area contributed by atoms with Gasteiger partial charge in [0.1, 0.15) is 23.1 Å². The highest BCUT2D eigenvalue weighted by atomic mass is 32.1. The minimum Gasteiger partial charge on any atom is -0.391 e. The van der Waals surface area contributed by atoms with Crippen LogP contribution in [0.2, 0.25) is 0 Å². The molecule has 3 N–H and O–H groups in total. The van der Waals surface area contributed by atoms with Gasteiger partial charge in [0, 0.05) is 24.3 Å². The van der Waals surface area contributed by atoms with Crippen LogP contribution in [0.25, 0.3) is 5.65 Å². The number of nitrogens with one attached hydrogen (secondary N) is 2. The molecule has 31 heavy (non-hydrogen) atoms. The Morgan fingerprint density at radius 2 is 2.00 bits per heavy atom. The molecule has 1 aliphatic carbocycles. The van der Waals surface area contributed by atoms with Gasteiger partial charge in [-0.05, 0) is 55.7 Å². The predicted molar refractivity (Wildman–Crippen MR) is 112 cm³/mol. The van der Waals surface area contributed by atoms with Gasteiger partial charge in [-0.25, -0.2) is 18.3 Å². The van der Waals surface area contributed by atoms with Gasteiger partial charge in [0.15, 0.2) is 10.8 Å². The maximum absolute atomic E-state index is 14.5. The summed E-state index contributed by atoms with van der Waals surface area (Å²) in [5.41, 5.74) is 0.342. The predicted octanol–water partition coefficient (Wildman–Crippen LogP) is 2.91. The van der Waals surface area contributed by atoms with Crippen molar-refractivity contribution in [2.45, 2.75) is 37.5 Å². The zero-order valence-corrected chi connectivity index (χ0v) is 17.0. The summed E-state index contributed by atoms with van der Waals surface area (Å²) < 4.78 is 43.9. The summed E-state index contributed by atoms with van der Waals surface area (Å²) in [6, 6.07) is 4.49. The van der Waals surface area contributed by atoms with Gasteiger partial charge in [-0.3, -0.25) is 0 Å². The molecule has 2 aliphatic rings. The highest BCUT2D eigenvalue weighted by Crippen LogP contribution is 2.37. The number of nitrogens with zero attached hydrogens (tertiary/aromatic N) is 4. The zero-order chi connectivity index (χ0) is 21.7. The first kappa shape index (κ1) is 20.0. The van der Waals surface area contributed by atoms with Crippen LogP contribution in [0.15, 0.2) is 30.5 Å². The number of fused-ring (bicyclic) bond motifs is 1. The summed E-state index contributed by atoms with van der Waals surface area (Å²) in [5.74, 6) is -1.52. The largest absolute Gasteiger partial charge is 0.391 e. The molecule has 0 amide bonds. The fourth-order valence-corrected chi connectivity index (χ4v) is 4.12. The molecule has 11 heteroatoms. The second-order valence-electron chi connectivity index (χ2n) is 7.82. The van der Waals surface area contributed by atoms with Crippen LogP contribution in [0.5, 0.6) is 0 Å². The van der Waals surface area contributed by atoms with Gasteiger partial charge in [0.2, 0.25) is 0 Å². The normalized spacial score (nSPS) is 21.0. The van der Waals surface area contributed by atoms with Crippen molar-refractivity contribution < 1.29 is 18.3 Å². The van der Waals surface area contributed by atoms with E-state index in [1.807, 2.05) is 0 Å². The van der Waals surface area contributed by atoms with Gasteiger partial charge in [-0.2, -0.15) is 4.39 Å². The number of benzene rings is 1. The summed E-state index contributed by atoms with van der Waals surface area (Å²) in [6.45, 7) is 0.171. The number of aliphatic hydroxyl groups is 1. The molecule has 5 rings (SSSR count). The molecule has 162 valence electrons. The van der Waals surface area contributed by atoms with Crippen LogP contribution in [-0.4, -0.2) is 43.5 Å². The van der Waals surface area contributed by atoms with Crippen LogP contribution in [0.1, 0.15) is 30.9 Å². The minimum absolute atomic E-state index is 0.0215. The molecule has 3 aromatic rings. The molecule has 0 bridgehead atoms. The molecule has 1 saturated carbocycles. The highest BCUT2D eigenvalue weighted by Gasteiger charge is 2.35. The first-order valence-electron chi connectivity index (χ1n) is 9.91. The van der Waals surface area contributed by atoms with Gasteiger partial charge in [-0.15, -0.1) is 5.10 Å². The van der Waals surface area contributed by atoms with Crippen LogP contribution in [0, 0.1) is 17.6 Å². The van der Waals surface area contributed by atoms with Crippen LogP contribution in [0.3, 0.4) is 0 Å². The molecular formula is C20H19F3N6OS. The Hall–Kier alpha value is -2.92. The highest BCUT2D eigenvalue weighted by molar-refractivity contribution is 7.80. The molecule has 7 nitrogen and oxygen atoms in total. The lowest BCUT2D eigenvalue weighted by Gasteiger charge is -2.26. The molecule has 0 spiro atoms. The van der Waals surface area contributed by atoms with Crippen LogP contribution in [-0.2, 0) is 0 Å². The molecular weight excluding hydrogens is 429 g/mol. The Bertz CT molecular complexity index is 1170. The maximum Gasteiger partial charge on any atom is 0.258 e. The Morgan fingerprint density at radius 1 is 1.19 bits per heavy atom. The summed E-state index contributed by atoms with van der Waals surface area (Å²) in [6.07, 6.45) is 3.00. The third-order valence-electron chi connectivity index (χ3n) is 5.47. The first-order chi connectivity index (χ1) is 14.9. The summed E-state index contributed by atoms with van der Waals surface area (Å²) in [5, 5.41) is 20.2. The number of hydrogen-bond donors (Lipinski definition) is 3. The third kappa shape index (κ3) is 3.90. The second-order valence-corrected chi connectivity index (χ2v) is 8.22. The Morgan fingerprint density at radius 3 is 2.77 bits per heavy atom. The van der Waals surface area contributed by atoms with Crippen molar-refractivity contribution in [1.82, 2.24) is 19.9 Å². The fourth-order valence-electron chi connectivity index (χ4n) is 3.85. The molecule has 1 saturated heterocycles. The van der Waals surface area contributed by atoms with E-state index in [-0.39, 0.29) is 35.0 Å². The van der Waals surface area contributed by atoms with Crippen LogP contribution in [0.4, 0.5) is 24.7 Å². The molecule has 0 unspecified atom stereocenters. The van der Waals surface area contributed by atoms with Crippen molar-refractivity contribution >= 4 is 34.5 Å². The van der Waals surface area contributed by atoms with E-state index in [1.54, 1.807) is 11.0 Å². The van der Waals surface area contributed by atoms with E-state index in [0.29, 0.717) is 11.9 Å².